The van der Waals surface area contributed by atoms with Crippen molar-refractivity contribution in [2.45, 2.75) is 65.7 Å². The third-order valence-electron chi connectivity index (χ3n) is 6.80. The second-order valence-corrected chi connectivity index (χ2v) is 11.1. The highest BCUT2D eigenvalue weighted by Crippen LogP contribution is 2.27. The van der Waals surface area contributed by atoms with Crippen LogP contribution >= 0.6 is 0 Å². The number of amides is 1. The van der Waals surface area contributed by atoms with Crippen molar-refractivity contribution in [3.8, 4) is 0 Å². The van der Waals surface area contributed by atoms with Crippen LogP contribution in [0.1, 0.15) is 46.7 Å². The maximum absolute atomic E-state index is 13.5. The first-order chi connectivity index (χ1) is 16.2. The summed E-state index contributed by atoms with van der Waals surface area (Å²) >= 11 is 0. The molecule has 0 aromatic heterocycles. The van der Waals surface area contributed by atoms with Crippen LogP contribution in [0.3, 0.4) is 0 Å². The summed E-state index contributed by atoms with van der Waals surface area (Å²) in [5.41, 5.74) is 7.14. The Morgan fingerprint density at radius 2 is 1.79 bits per heavy atom. The zero-order chi connectivity index (χ0) is 24.5. The van der Waals surface area contributed by atoms with Crippen molar-refractivity contribution in [2.24, 2.45) is 0 Å². The highest BCUT2D eigenvalue weighted by molar-refractivity contribution is 7.94. The first-order valence-electron chi connectivity index (χ1n) is 11.7. The molecule has 0 saturated carbocycles. The smallest absolute Gasteiger partial charge is 0.262 e. The SMILES string of the molecule is Cc1cc(C)c(CN2Cc3ccccc3CCC2C(=O)NS(=O)(=O)C2=CC=CNC2C)c(C)c1. The monoisotopic (exact) mass is 479 g/mol. The van der Waals surface area contributed by atoms with Crippen molar-refractivity contribution in [1.82, 2.24) is 14.9 Å². The van der Waals surface area contributed by atoms with Crippen LogP contribution in [0.4, 0.5) is 0 Å². The zero-order valence-electron chi connectivity index (χ0n) is 20.3. The van der Waals surface area contributed by atoms with E-state index >= 15 is 0 Å². The standard InChI is InChI=1S/C27H33N3O3S/c1-18-14-19(2)24(20(3)15-18)17-30-16-23-9-6-5-8-22(23)11-12-25(30)27(31)29-34(32,33)26-10-7-13-28-21(26)4/h5-10,13-15,21,25,28H,11-12,16-17H2,1-4H3,(H,29,31). The maximum atomic E-state index is 13.5. The van der Waals surface area contributed by atoms with E-state index in [2.05, 4.69) is 60.0 Å². The summed E-state index contributed by atoms with van der Waals surface area (Å²) in [6.07, 6.45) is 6.14. The number of aryl methyl sites for hydroxylation is 4. The third-order valence-corrected chi connectivity index (χ3v) is 8.38. The number of rotatable bonds is 5. The molecule has 34 heavy (non-hydrogen) atoms. The highest BCUT2D eigenvalue weighted by Gasteiger charge is 2.34. The number of allylic oxidation sites excluding steroid dienone is 2. The second kappa shape index (κ2) is 9.76. The molecule has 2 unspecified atom stereocenters. The lowest BCUT2D eigenvalue weighted by Gasteiger charge is -2.31. The highest BCUT2D eigenvalue weighted by atomic mass is 32.2. The lowest BCUT2D eigenvalue weighted by atomic mass is 9.98. The van der Waals surface area contributed by atoms with Gasteiger partial charge in [0.15, 0.2) is 0 Å². The van der Waals surface area contributed by atoms with Gasteiger partial charge in [-0.25, -0.2) is 13.1 Å². The van der Waals surface area contributed by atoms with Crippen LogP contribution in [0, 0.1) is 20.8 Å². The van der Waals surface area contributed by atoms with Gasteiger partial charge in [-0.2, -0.15) is 0 Å². The van der Waals surface area contributed by atoms with Gasteiger partial charge in [0.1, 0.15) is 0 Å². The molecule has 0 spiro atoms. The molecular formula is C27H33N3O3S. The van der Waals surface area contributed by atoms with Gasteiger partial charge in [0, 0.05) is 13.1 Å². The Hall–Kier alpha value is -2.90. The third kappa shape index (κ3) is 5.10. The van der Waals surface area contributed by atoms with Crippen molar-refractivity contribution < 1.29 is 13.2 Å². The topological polar surface area (TPSA) is 78.5 Å². The number of nitrogens with zero attached hydrogens (tertiary/aromatic N) is 1. The minimum atomic E-state index is -3.96. The number of carbonyl (C=O) groups is 1. The van der Waals surface area contributed by atoms with Crippen LogP contribution in [0.2, 0.25) is 0 Å². The van der Waals surface area contributed by atoms with Crippen molar-refractivity contribution >= 4 is 15.9 Å². The van der Waals surface area contributed by atoms with E-state index in [1.165, 1.54) is 39.5 Å². The number of nitrogens with one attached hydrogen (secondary N) is 2. The summed E-state index contributed by atoms with van der Waals surface area (Å²) in [6, 6.07) is 11.6. The van der Waals surface area contributed by atoms with Crippen LogP contribution in [0.15, 0.2) is 59.7 Å². The van der Waals surface area contributed by atoms with Gasteiger partial charge >= 0.3 is 0 Å². The van der Waals surface area contributed by atoms with Gasteiger partial charge in [-0.05, 0) is 86.7 Å². The van der Waals surface area contributed by atoms with E-state index in [-0.39, 0.29) is 4.91 Å². The van der Waals surface area contributed by atoms with Gasteiger partial charge in [-0.1, -0.05) is 42.0 Å². The van der Waals surface area contributed by atoms with E-state index in [0.717, 1.165) is 6.42 Å². The van der Waals surface area contributed by atoms with Gasteiger partial charge in [0.2, 0.25) is 0 Å². The lowest BCUT2D eigenvalue weighted by Crippen LogP contribution is -2.49. The van der Waals surface area contributed by atoms with Crippen molar-refractivity contribution in [1.29, 1.82) is 0 Å². The number of sulfonamides is 1. The summed E-state index contributed by atoms with van der Waals surface area (Å²) in [7, 11) is -3.96. The first kappa shape index (κ1) is 24.2. The van der Waals surface area contributed by atoms with Crippen LogP contribution in [0.25, 0.3) is 0 Å². The van der Waals surface area contributed by atoms with E-state index in [9.17, 15) is 13.2 Å². The maximum Gasteiger partial charge on any atom is 0.262 e. The fourth-order valence-corrected chi connectivity index (χ4v) is 6.35. The minimum Gasteiger partial charge on any atom is -0.384 e. The normalized spacial score (nSPS) is 20.6. The molecule has 0 saturated heterocycles. The molecule has 0 radical (unpaired) electrons. The molecule has 0 aliphatic carbocycles. The molecule has 2 atom stereocenters. The molecule has 2 aliphatic heterocycles. The van der Waals surface area contributed by atoms with Gasteiger partial charge < -0.3 is 5.32 Å². The molecule has 2 aromatic carbocycles. The molecule has 2 N–H and O–H groups in total. The number of carbonyl (C=O) groups excluding carboxylic acids is 1. The van der Waals surface area contributed by atoms with Crippen LogP contribution in [-0.4, -0.2) is 31.3 Å². The molecular weight excluding hydrogens is 446 g/mol. The molecule has 2 aliphatic rings. The summed E-state index contributed by atoms with van der Waals surface area (Å²) in [6.45, 7) is 9.20. The molecule has 2 aromatic rings. The fraction of sp³-hybridized carbons (Fsp3) is 0.370. The van der Waals surface area contributed by atoms with E-state index < -0.39 is 28.0 Å². The van der Waals surface area contributed by atoms with Gasteiger partial charge in [-0.15, -0.1) is 0 Å². The number of benzene rings is 2. The molecule has 7 heteroatoms. The van der Waals surface area contributed by atoms with Crippen LogP contribution in [0.5, 0.6) is 0 Å². The summed E-state index contributed by atoms with van der Waals surface area (Å²) < 4.78 is 28.5. The second-order valence-electron chi connectivity index (χ2n) is 9.39. The zero-order valence-corrected chi connectivity index (χ0v) is 21.1. The molecule has 0 bridgehead atoms. The van der Waals surface area contributed by atoms with Crippen molar-refractivity contribution in [2.75, 3.05) is 0 Å². The number of fused-ring (bicyclic) bond motifs is 1. The Bertz CT molecular complexity index is 1240. The van der Waals surface area contributed by atoms with E-state index in [1.54, 1.807) is 19.2 Å². The lowest BCUT2D eigenvalue weighted by molar-refractivity contribution is -0.125. The predicted octanol–water partition coefficient (Wildman–Crippen LogP) is 3.76. The van der Waals surface area contributed by atoms with Crippen LogP contribution < -0.4 is 10.0 Å². The Balaban J connectivity index is 1.65. The predicted molar refractivity (Wildman–Crippen MR) is 135 cm³/mol. The minimum absolute atomic E-state index is 0.164. The first-order valence-corrected chi connectivity index (χ1v) is 13.2. The summed E-state index contributed by atoms with van der Waals surface area (Å²) in [5, 5.41) is 2.98. The Morgan fingerprint density at radius 1 is 1.12 bits per heavy atom. The molecule has 1 amide bonds. The van der Waals surface area contributed by atoms with E-state index in [0.29, 0.717) is 19.5 Å². The number of hydrogen-bond acceptors (Lipinski definition) is 5. The number of hydrogen-bond donors (Lipinski definition) is 2. The van der Waals surface area contributed by atoms with E-state index in [4.69, 9.17) is 0 Å². The van der Waals surface area contributed by atoms with Crippen LogP contribution in [-0.2, 0) is 34.3 Å². The molecule has 180 valence electrons. The average Bonchev–Trinajstić information content (AvgIpc) is 2.95. The fourth-order valence-electron chi connectivity index (χ4n) is 5.04. The average molecular weight is 480 g/mol. The molecule has 2 heterocycles. The van der Waals surface area contributed by atoms with Crippen molar-refractivity contribution in [3.63, 3.8) is 0 Å². The van der Waals surface area contributed by atoms with Crippen molar-refractivity contribution in [3.05, 3.63) is 93.0 Å². The summed E-state index contributed by atoms with van der Waals surface area (Å²) in [4.78, 5) is 15.8. The Kier molecular flexibility index (Phi) is 6.96. The number of dihydropyridines is 1. The van der Waals surface area contributed by atoms with E-state index in [1.807, 2.05) is 12.1 Å². The van der Waals surface area contributed by atoms with Gasteiger partial charge in [0.25, 0.3) is 15.9 Å². The molecule has 4 rings (SSSR count). The molecule has 6 nitrogen and oxygen atoms in total. The largest absolute Gasteiger partial charge is 0.384 e. The quantitative estimate of drug-likeness (QED) is 0.683. The summed E-state index contributed by atoms with van der Waals surface area (Å²) in [5.74, 6) is -0.474. The molecule has 0 fully saturated rings. The van der Waals surface area contributed by atoms with Gasteiger partial charge in [0.05, 0.1) is 17.0 Å². The Labute approximate surface area is 202 Å². The Morgan fingerprint density at radius 3 is 2.47 bits per heavy atom. The van der Waals surface area contributed by atoms with Gasteiger partial charge in [-0.3, -0.25) is 9.69 Å².